The maximum Gasteiger partial charge on any atom is 0.119 e. The smallest absolute Gasteiger partial charge is 0.119 e. The summed E-state index contributed by atoms with van der Waals surface area (Å²) in [6.07, 6.45) is 2.97. The second kappa shape index (κ2) is 6.27. The third kappa shape index (κ3) is 4.23. The zero-order valence-electron chi connectivity index (χ0n) is 12.4. The molecule has 2 rings (SSSR count). The molecule has 0 amide bonds. The Labute approximate surface area is 120 Å². The first-order valence-corrected chi connectivity index (χ1v) is 7.05. The lowest BCUT2D eigenvalue weighted by Gasteiger charge is -2.19. The number of rotatable bonds is 5. The standard InChI is InChI=1S/C16H23NO3/c1-12(17-18)10-13-4-6-14(7-5-13)19-11-15-8-9-16(2,3)20-15/h4-7,15,18H,8-11H2,1-3H3/b17-12-. The molecule has 4 heteroatoms. The fourth-order valence-corrected chi connectivity index (χ4v) is 2.42. The summed E-state index contributed by atoms with van der Waals surface area (Å²) < 4.78 is 11.7. The Kier molecular flexibility index (Phi) is 4.65. The number of hydrogen-bond acceptors (Lipinski definition) is 4. The third-order valence-electron chi connectivity index (χ3n) is 3.54. The first-order chi connectivity index (χ1) is 9.48. The highest BCUT2D eigenvalue weighted by Gasteiger charge is 2.31. The van der Waals surface area contributed by atoms with Gasteiger partial charge in [0.1, 0.15) is 12.4 Å². The highest BCUT2D eigenvalue weighted by Crippen LogP contribution is 2.29. The van der Waals surface area contributed by atoms with Gasteiger partial charge in [0.2, 0.25) is 0 Å². The van der Waals surface area contributed by atoms with Crippen LogP contribution in [0, 0.1) is 0 Å². The van der Waals surface area contributed by atoms with Gasteiger partial charge in [-0.05, 0) is 51.3 Å². The van der Waals surface area contributed by atoms with Gasteiger partial charge in [-0.25, -0.2) is 0 Å². The van der Waals surface area contributed by atoms with Crippen molar-refractivity contribution >= 4 is 5.71 Å². The van der Waals surface area contributed by atoms with Gasteiger partial charge >= 0.3 is 0 Å². The summed E-state index contributed by atoms with van der Waals surface area (Å²) in [5, 5.41) is 11.8. The van der Waals surface area contributed by atoms with Crippen molar-refractivity contribution in [3.8, 4) is 5.75 Å². The molecule has 1 aromatic carbocycles. The van der Waals surface area contributed by atoms with E-state index in [0.717, 1.165) is 24.2 Å². The molecule has 1 fully saturated rings. The summed E-state index contributed by atoms with van der Waals surface area (Å²) in [7, 11) is 0. The Morgan fingerprint density at radius 3 is 2.65 bits per heavy atom. The summed E-state index contributed by atoms with van der Waals surface area (Å²) in [6, 6.07) is 7.87. The van der Waals surface area contributed by atoms with E-state index in [0.29, 0.717) is 18.7 Å². The third-order valence-corrected chi connectivity index (χ3v) is 3.54. The quantitative estimate of drug-likeness (QED) is 0.510. The molecule has 0 saturated carbocycles. The number of benzene rings is 1. The summed E-state index contributed by atoms with van der Waals surface area (Å²) >= 11 is 0. The van der Waals surface area contributed by atoms with E-state index in [1.807, 2.05) is 24.3 Å². The first-order valence-electron chi connectivity index (χ1n) is 7.05. The zero-order valence-corrected chi connectivity index (χ0v) is 12.4. The molecule has 1 aliphatic rings. The Morgan fingerprint density at radius 2 is 2.10 bits per heavy atom. The maximum atomic E-state index is 8.65. The highest BCUT2D eigenvalue weighted by atomic mass is 16.6. The molecule has 1 atom stereocenters. The fourth-order valence-electron chi connectivity index (χ4n) is 2.42. The summed E-state index contributed by atoms with van der Waals surface area (Å²) in [5.41, 5.74) is 1.78. The van der Waals surface area contributed by atoms with Crippen molar-refractivity contribution in [3.05, 3.63) is 29.8 Å². The van der Waals surface area contributed by atoms with Crippen LogP contribution in [0.5, 0.6) is 5.75 Å². The van der Waals surface area contributed by atoms with Gasteiger partial charge in [-0.2, -0.15) is 0 Å². The Bertz CT molecular complexity index is 465. The molecule has 1 aliphatic heterocycles. The number of oxime groups is 1. The molecule has 1 saturated heterocycles. The Balaban J connectivity index is 1.82. The topological polar surface area (TPSA) is 51.0 Å². The van der Waals surface area contributed by atoms with Crippen molar-refractivity contribution in [1.29, 1.82) is 0 Å². The van der Waals surface area contributed by atoms with Crippen LogP contribution < -0.4 is 4.74 Å². The lowest BCUT2D eigenvalue weighted by molar-refractivity contribution is -0.0326. The molecule has 4 nitrogen and oxygen atoms in total. The van der Waals surface area contributed by atoms with Gasteiger partial charge < -0.3 is 14.7 Å². The summed E-state index contributed by atoms with van der Waals surface area (Å²) in [6.45, 7) is 6.63. The minimum Gasteiger partial charge on any atom is -0.491 e. The Hall–Kier alpha value is -1.55. The van der Waals surface area contributed by atoms with Crippen LogP contribution in [0.15, 0.2) is 29.4 Å². The van der Waals surface area contributed by atoms with Crippen molar-refractivity contribution in [2.45, 2.75) is 51.7 Å². The molecule has 1 heterocycles. The second-order valence-electron chi connectivity index (χ2n) is 6.01. The molecule has 1 N–H and O–H groups in total. The predicted molar refractivity (Wildman–Crippen MR) is 78.7 cm³/mol. The van der Waals surface area contributed by atoms with Crippen LogP contribution in [0.4, 0.5) is 0 Å². The van der Waals surface area contributed by atoms with E-state index in [2.05, 4.69) is 19.0 Å². The minimum atomic E-state index is -0.0148. The number of ether oxygens (including phenoxy) is 2. The molecular weight excluding hydrogens is 254 g/mol. The van der Waals surface area contributed by atoms with Crippen molar-refractivity contribution in [2.75, 3.05) is 6.61 Å². The molecule has 0 radical (unpaired) electrons. The zero-order chi connectivity index (χ0) is 14.6. The predicted octanol–water partition coefficient (Wildman–Crippen LogP) is 3.42. The van der Waals surface area contributed by atoms with Crippen molar-refractivity contribution < 1.29 is 14.7 Å². The fraction of sp³-hybridized carbons (Fsp3) is 0.562. The Morgan fingerprint density at radius 1 is 1.40 bits per heavy atom. The molecule has 20 heavy (non-hydrogen) atoms. The maximum absolute atomic E-state index is 8.65. The van der Waals surface area contributed by atoms with Crippen LogP contribution in [0.1, 0.15) is 39.2 Å². The van der Waals surface area contributed by atoms with Crippen LogP contribution in [-0.4, -0.2) is 29.2 Å². The molecule has 110 valence electrons. The molecule has 1 aromatic rings. The molecule has 0 bridgehead atoms. The van der Waals surface area contributed by atoms with Gasteiger partial charge in [0.25, 0.3) is 0 Å². The van der Waals surface area contributed by atoms with E-state index < -0.39 is 0 Å². The van der Waals surface area contributed by atoms with Crippen molar-refractivity contribution in [2.24, 2.45) is 5.16 Å². The molecule has 0 spiro atoms. The average Bonchev–Trinajstić information content (AvgIpc) is 2.77. The van der Waals surface area contributed by atoms with Gasteiger partial charge in [-0.3, -0.25) is 0 Å². The molecule has 0 aliphatic carbocycles. The second-order valence-corrected chi connectivity index (χ2v) is 6.01. The van der Waals surface area contributed by atoms with Gasteiger partial charge in [-0.15, -0.1) is 0 Å². The monoisotopic (exact) mass is 277 g/mol. The van der Waals surface area contributed by atoms with Crippen molar-refractivity contribution in [3.63, 3.8) is 0 Å². The number of nitrogens with zero attached hydrogens (tertiary/aromatic N) is 1. The molecular formula is C16H23NO3. The van der Waals surface area contributed by atoms with Gasteiger partial charge in [0.05, 0.1) is 17.4 Å². The molecule has 1 unspecified atom stereocenters. The largest absolute Gasteiger partial charge is 0.491 e. The van der Waals surface area contributed by atoms with Crippen LogP contribution in [-0.2, 0) is 11.2 Å². The minimum absolute atomic E-state index is 0.0148. The molecule has 0 aromatic heterocycles. The average molecular weight is 277 g/mol. The van der Waals surface area contributed by atoms with Crippen LogP contribution in [0.2, 0.25) is 0 Å². The van der Waals surface area contributed by atoms with Crippen LogP contribution in [0.3, 0.4) is 0 Å². The van der Waals surface area contributed by atoms with E-state index in [4.69, 9.17) is 14.7 Å². The van der Waals surface area contributed by atoms with Gasteiger partial charge in [-0.1, -0.05) is 17.3 Å². The van der Waals surface area contributed by atoms with E-state index in [-0.39, 0.29) is 11.7 Å². The summed E-state index contributed by atoms with van der Waals surface area (Å²) in [4.78, 5) is 0. The first kappa shape index (κ1) is 14.9. The van der Waals surface area contributed by atoms with E-state index in [9.17, 15) is 0 Å². The van der Waals surface area contributed by atoms with Crippen LogP contribution >= 0.6 is 0 Å². The van der Waals surface area contributed by atoms with E-state index in [1.54, 1.807) is 6.92 Å². The lowest BCUT2D eigenvalue weighted by atomic mass is 10.1. The van der Waals surface area contributed by atoms with E-state index in [1.165, 1.54) is 0 Å². The van der Waals surface area contributed by atoms with Gasteiger partial charge in [0, 0.05) is 6.42 Å². The lowest BCUT2D eigenvalue weighted by Crippen LogP contribution is -2.23. The van der Waals surface area contributed by atoms with Crippen molar-refractivity contribution in [1.82, 2.24) is 0 Å². The highest BCUT2D eigenvalue weighted by molar-refractivity contribution is 5.83. The SMILES string of the molecule is C/C(Cc1ccc(OCC2CCC(C)(C)O2)cc1)=N/O. The van der Waals surface area contributed by atoms with Crippen LogP contribution in [0.25, 0.3) is 0 Å². The van der Waals surface area contributed by atoms with Gasteiger partial charge in [0.15, 0.2) is 0 Å². The van der Waals surface area contributed by atoms with E-state index >= 15 is 0 Å². The number of hydrogen-bond donors (Lipinski definition) is 1. The summed E-state index contributed by atoms with van der Waals surface area (Å²) in [5.74, 6) is 0.848. The normalized spacial score (nSPS) is 21.9.